The fraction of sp³-hybridized carbons (Fsp3) is 0.444. The average Bonchev–Trinajstić information content (AvgIpc) is 2.87. The number of nitrogens with zero attached hydrogens (tertiary/aromatic N) is 2. The molecule has 2 rings (SSSR count). The molecular weight excluding hydrogens is 198 g/mol. The van der Waals surface area contributed by atoms with Crippen molar-refractivity contribution in [2.75, 3.05) is 5.32 Å². The van der Waals surface area contributed by atoms with Crippen LogP contribution in [0.3, 0.4) is 0 Å². The minimum Gasteiger partial charge on any atom is -0.301 e. The number of rotatable bonds is 2. The highest BCUT2D eigenvalue weighted by Gasteiger charge is 2.50. The van der Waals surface area contributed by atoms with Crippen LogP contribution in [0.4, 0.5) is 5.13 Å². The van der Waals surface area contributed by atoms with Crippen molar-refractivity contribution in [3.8, 4) is 6.07 Å². The van der Waals surface area contributed by atoms with Gasteiger partial charge in [0, 0.05) is 11.1 Å². The molecule has 1 aromatic rings. The van der Waals surface area contributed by atoms with Crippen molar-refractivity contribution in [3.63, 3.8) is 0 Å². The Morgan fingerprint density at radius 1 is 1.79 bits per heavy atom. The van der Waals surface area contributed by atoms with Crippen LogP contribution in [0.5, 0.6) is 0 Å². The average molecular weight is 207 g/mol. The summed E-state index contributed by atoms with van der Waals surface area (Å²) in [5, 5.41) is 12.0. The number of aryl methyl sites for hydroxylation is 1. The zero-order valence-electron chi connectivity index (χ0n) is 7.70. The molecule has 1 aliphatic rings. The second kappa shape index (κ2) is 3.07. The van der Waals surface area contributed by atoms with Gasteiger partial charge in [0.1, 0.15) is 5.41 Å². The van der Waals surface area contributed by atoms with Gasteiger partial charge >= 0.3 is 0 Å². The molecule has 5 heteroatoms. The van der Waals surface area contributed by atoms with Crippen molar-refractivity contribution in [3.05, 3.63) is 11.1 Å². The molecule has 0 aliphatic heterocycles. The molecule has 1 aromatic heterocycles. The van der Waals surface area contributed by atoms with Crippen LogP contribution in [0, 0.1) is 23.7 Å². The van der Waals surface area contributed by atoms with Crippen molar-refractivity contribution >= 4 is 22.4 Å². The van der Waals surface area contributed by atoms with E-state index in [4.69, 9.17) is 5.26 Å². The van der Waals surface area contributed by atoms with Crippen molar-refractivity contribution in [2.24, 2.45) is 5.41 Å². The number of aromatic nitrogens is 1. The zero-order chi connectivity index (χ0) is 10.2. The highest BCUT2D eigenvalue weighted by Crippen LogP contribution is 2.45. The van der Waals surface area contributed by atoms with Gasteiger partial charge in [-0.15, -0.1) is 11.3 Å². The van der Waals surface area contributed by atoms with Crippen LogP contribution < -0.4 is 5.32 Å². The molecule has 0 bridgehead atoms. The number of amides is 1. The maximum Gasteiger partial charge on any atom is 0.246 e. The van der Waals surface area contributed by atoms with Gasteiger partial charge in [-0.3, -0.25) is 4.79 Å². The Morgan fingerprint density at radius 3 is 2.93 bits per heavy atom. The van der Waals surface area contributed by atoms with Crippen LogP contribution in [0.2, 0.25) is 0 Å². The van der Waals surface area contributed by atoms with Crippen LogP contribution >= 0.6 is 11.3 Å². The lowest BCUT2D eigenvalue weighted by molar-refractivity contribution is -0.119. The van der Waals surface area contributed by atoms with E-state index in [2.05, 4.69) is 10.3 Å². The molecule has 0 unspecified atom stereocenters. The predicted octanol–water partition coefficient (Wildman–Crippen LogP) is 1.69. The molecule has 1 heterocycles. The summed E-state index contributed by atoms with van der Waals surface area (Å²) in [4.78, 5) is 16.6. The minimum absolute atomic E-state index is 0.214. The van der Waals surface area contributed by atoms with Crippen LogP contribution in [0.15, 0.2) is 6.20 Å². The first-order chi connectivity index (χ1) is 6.66. The third-order valence-corrected chi connectivity index (χ3v) is 3.07. The molecule has 72 valence electrons. The third kappa shape index (κ3) is 1.49. The lowest BCUT2D eigenvalue weighted by atomic mass is 10.1. The summed E-state index contributed by atoms with van der Waals surface area (Å²) in [6.07, 6.45) is 3.03. The van der Waals surface area contributed by atoms with Crippen LogP contribution in [0.1, 0.15) is 17.7 Å². The van der Waals surface area contributed by atoms with Gasteiger partial charge in [0.2, 0.25) is 5.91 Å². The highest BCUT2D eigenvalue weighted by molar-refractivity contribution is 7.15. The van der Waals surface area contributed by atoms with Crippen molar-refractivity contribution in [1.82, 2.24) is 4.98 Å². The van der Waals surface area contributed by atoms with Gasteiger partial charge in [-0.25, -0.2) is 4.98 Å². The molecule has 1 saturated carbocycles. The van der Waals surface area contributed by atoms with Gasteiger partial charge in [0.15, 0.2) is 5.13 Å². The van der Waals surface area contributed by atoms with Gasteiger partial charge < -0.3 is 5.32 Å². The van der Waals surface area contributed by atoms with E-state index >= 15 is 0 Å². The van der Waals surface area contributed by atoms with Gasteiger partial charge in [0.05, 0.1) is 6.07 Å². The standard InChI is InChI=1S/C9H9N3OS/c1-6-4-11-8(14-6)12-7(13)9(5-10)2-3-9/h4H,2-3H2,1H3,(H,11,12,13). The molecule has 0 radical (unpaired) electrons. The SMILES string of the molecule is Cc1cnc(NC(=O)C2(C#N)CC2)s1. The van der Waals surface area contributed by atoms with Gasteiger partial charge in [0.25, 0.3) is 0 Å². The molecule has 14 heavy (non-hydrogen) atoms. The van der Waals surface area contributed by atoms with E-state index in [1.165, 1.54) is 11.3 Å². The molecule has 0 aromatic carbocycles. The Balaban J connectivity index is 2.06. The first-order valence-corrected chi connectivity index (χ1v) is 5.13. The van der Waals surface area contributed by atoms with E-state index in [1.54, 1.807) is 6.20 Å². The number of carbonyl (C=O) groups is 1. The summed E-state index contributed by atoms with van der Waals surface area (Å²) in [5.41, 5.74) is -0.764. The summed E-state index contributed by atoms with van der Waals surface area (Å²) in [6.45, 7) is 1.92. The quantitative estimate of drug-likeness (QED) is 0.802. The molecule has 0 spiro atoms. The fourth-order valence-electron chi connectivity index (χ4n) is 1.14. The first-order valence-electron chi connectivity index (χ1n) is 4.31. The number of nitrogens with one attached hydrogen (secondary N) is 1. The lowest BCUT2D eigenvalue weighted by Crippen LogP contribution is -2.22. The van der Waals surface area contributed by atoms with E-state index in [-0.39, 0.29) is 5.91 Å². The molecule has 1 amide bonds. The molecular formula is C9H9N3OS. The van der Waals surface area contributed by atoms with E-state index < -0.39 is 5.41 Å². The lowest BCUT2D eigenvalue weighted by Gasteiger charge is -2.03. The molecule has 4 nitrogen and oxygen atoms in total. The zero-order valence-corrected chi connectivity index (χ0v) is 8.52. The Morgan fingerprint density at radius 2 is 2.50 bits per heavy atom. The predicted molar refractivity (Wildman–Crippen MR) is 52.8 cm³/mol. The number of hydrogen-bond donors (Lipinski definition) is 1. The largest absolute Gasteiger partial charge is 0.301 e. The minimum atomic E-state index is -0.764. The summed E-state index contributed by atoms with van der Waals surface area (Å²) >= 11 is 1.42. The maximum atomic E-state index is 11.6. The van der Waals surface area contributed by atoms with Gasteiger partial charge in [-0.2, -0.15) is 5.26 Å². The fourth-order valence-corrected chi connectivity index (χ4v) is 1.80. The van der Waals surface area contributed by atoms with E-state index in [0.717, 1.165) is 4.88 Å². The van der Waals surface area contributed by atoms with Crippen LogP contribution in [-0.4, -0.2) is 10.9 Å². The topological polar surface area (TPSA) is 65.8 Å². The first kappa shape index (κ1) is 9.16. The second-order valence-electron chi connectivity index (χ2n) is 3.42. The second-order valence-corrected chi connectivity index (χ2v) is 4.66. The van der Waals surface area contributed by atoms with E-state index in [1.807, 2.05) is 13.0 Å². The van der Waals surface area contributed by atoms with Crippen LogP contribution in [-0.2, 0) is 4.79 Å². The van der Waals surface area contributed by atoms with Crippen LogP contribution in [0.25, 0.3) is 0 Å². The molecule has 1 aliphatic carbocycles. The number of nitriles is 1. The molecule has 1 fully saturated rings. The number of hydrogen-bond acceptors (Lipinski definition) is 4. The summed E-state index contributed by atoms with van der Waals surface area (Å²) in [6, 6.07) is 2.04. The Labute approximate surface area is 85.6 Å². The monoisotopic (exact) mass is 207 g/mol. The Kier molecular flexibility index (Phi) is 2.01. The van der Waals surface area contributed by atoms with Crippen molar-refractivity contribution in [1.29, 1.82) is 5.26 Å². The number of thiazole rings is 1. The van der Waals surface area contributed by atoms with Gasteiger partial charge in [-0.05, 0) is 19.8 Å². The maximum absolute atomic E-state index is 11.6. The number of anilines is 1. The van der Waals surface area contributed by atoms with Crippen molar-refractivity contribution < 1.29 is 4.79 Å². The van der Waals surface area contributed by atoms with Crippen molar-refractivity contribution in [2.45, 2.75) is 19.8 Å². The van der Waals surface area contributed by atoms with E-state index in [0.29, 0.717) is 18.0 Å². The summed E-state index contributed by atoms with van der Waals surface area (Å²) in [7, 11) is 0. The van der Waals surface area contributed by atoms with Gasteiger partial charge in [-0.1, -0.05) is 0 Å². The Hall–Kier alpha value is -1.41. The highest BCUT2D eigenvalue weighted by atomic mass is 32.1. The molecule has 0 atom stereocenters. The van der Waals surface area contributed by atoms with E-state index in [9.17, 15) is 4.79 Å². The summed E-state index contributed by atoms with van der Waals surface area (Å²) < 4.78 is 0. The Bertz CT molecular complexity index is 414. The summed E-state index contributed by atoms with van der Waals surface area (Å²) in [5.74, 6) is -0.214. The number of carbonyl (C=O) groups excluding carboxylic acids is 1. The smallest absolute Gasteiger partial charge is 0.246 e. The third-order valence-electron chi connectivity index (χ3n) is 2.24. The molecule has 0 saturated heterocycles. The normalized spacial score (nSPS) is 17.1. The molecule has 1 N–H and O–H groups in total.